The third kappa shape index (κ3) is 6.84. The van der Waals surface area contributed by atoms with E-state index in [1.807, 2.05) is 6.07 Å². The molecule has 0 fully saturated rings. The fraction of sp³-hybridized carbons (Fsp3) is 0.130. The lowest BCUT2D eigenvalue weighted by atomic mass is 9.63. The Morgan fingerprint density at radius 1 is 0.352 bits per heavy atom. The zero-order valence-corrected chi connectivity index (χ0v) is 40.8. The van der Waals surface area contributed by atoms with E-state index in [0.29, 0.717) is 0 Å². The Morgan fingerprint density at radius 2 is 0.887 bits per heavy atom. The molecule has 342 valence electrons. The van der Waals surface area contributed by atoms with Crippen molar-refractivity contribution in [3.8, 4) is 44.5 Å². The van der Waals surface area contributed by atoms with Crippen LogP contribution in [0.2, 0.25) is 0 Å². The fourth-order valence-corrected chi connectivity index (χ4v) is 12.3. The van der Waals surface area contributed by atoms with Crippen LogP contribution >= 0.6 is 0 Å². The number of fused-ring (bicyclic) bond motifs is 7. The smallest absolute Gasteiger partial charge is 0.143 e. The summed E-state index contributed by atoms with van der Waals surface area (Å²) in [4.78, 5) is 2.51. The predicted octanol–water partition coefficient (Wildman–Crippen LogP) is 18.8. The normalized spacial score (nSPS) is 15.0. The maximum Gasteiger partial charge on any atom is 0.143 e. The summed E-state index contributed by atoms with van der Waals surface area (Å²) in [5.41, 5.74) is 22.1. The lowest BCUT2D eigenvalue weighted by molar-refractivity contribution is 0.332. The SMILES string of the molecule is CC1(C)CCC(C)(C)c2cc(-c3cc4c(cc3N(c3ccc(-c5ccccc5)cc3)c3ccc(-c5cccc6c5oc5ccccc56)cc3)C(c3ccccc3)(c3ccccc3)c3ccccc3-4)ccc21. The molecule has 11 aromatic rings. The summed E-state index contributed by atoms with van der Waals surface area (Å²) in [6.07, 6.45) is 2.31. The minimum Gasteiger partial charge on any atom is -0.455 e. The van der Waals surface area contributed by atoms with Gasteiger partial charge in [0.1, 0.15) is 11.2 Å². The van der Waals surface area contributed by atoms with Gasteiger partial charge in [-0.2, -0.15) is 0 Å². The highest BCUT2D eigenvalue weighted by Gasteiger charge is 2.47. The summed E-state index contributed by atoms with van der Waals surface area (Å²) >= 11 is 0. The summed E-state index contributed by atoms with van der Waals surface area (Å²) in [7, 11) is 0. The van der Waals surface area contributed by atoms with E-state index in [2.05, 4.69) is 263 Å². The number of para-hydroxylation sites is 2. The van der Waals surface area contributed by atoms with Crippen molar-refractivity contribution in [2.75, 3.05) is 4.90 Å². The Labute approximate surface area is 417 Å². The highest BCUT2D eigenvalue weighted by Crippen LogP contribution is 2.59. The van der Waals surface area contributed by atoms with Gasteiger partial charge in [-0.15, -0.1) is 0 Å². The van der Waals surface area contributed by atoms with Gasteiger partial charge in [0.2, 0.25) is 0 Å². The molecule has 2 aliphatic rings. The first-order chi connectivity index (χ1) is 34.7. The Hall–Kier alpha value is -8.20. The van der Waals surface area contributed by atoms with Crippen molar-refractivity contribution in [2.24, 2.45) is 0 Å². The van der Waals surface area contributed by atoms with Crippen LogP contribution in [0.15, 0.2) is 241 Å². The van der Waals surface area contributed by atoms with Crippen molar-refractivity contribution in [1.82, 2.24) is 0 Å². The van der Waals surface area contributed by atoms with E-state index in [1.165, 1.54) is 73.2 Å². The van der Waals surface area contributed by atoms with Crippen LogP contribution in [-0.2, 0) is 16.2 Å². The third-order valence-corrected chi connectivity index (χ3v) is 16.1. The molecule has 0 atom stereocenters. The highest BCUT2D eigenvalue weighted by molar-refractivity contribution is 6.09. The monoisotopic (exact) mass is 913 g/mol. The number of rotatable bonds is 8. The molecule has 1 aromatic heterocycles. The molecule has 0 spiro atoms. The van der Waals surface area contributed by atoms with Crippen LogP contribution in [0.5, 0.6) is 0 Å². The number of hydrogen-bond acceptors (Lipinski definition) is 2. The maximum atomic E-state index is 6.58. The number of benzene rings is 10. The Morgan fingerprint density at radius 3 is 1.58 bits per heavy atom. The molecule has 2 heteroatoms. The third-order valence-electron chi connectivity index (χ3n) is 16.1. The molecule has 0 aliphatic heterocycles. The number of hydrogen-bond donors (Lipinski definition) is 0. The van der Waals surface area contributed by atoms with Gasteiger partial charge in [-0.1, -0.05) is 222 Å². The lowest BCUT2D eigenvalue weighted by Crippen LogP contribution is -2.33. The van der Waals surface area contributed by atoms with Crippen molar-refractivity contribution >= 4 is 39.0 Å². The van der Waals surface area contributed by atoms with Crippen LogP contribution < -0.4 is 4.90 Å². The quantitative estimate of drug-likeness (QED) is 0.151. The first-order valence-electron chi connectivity index (χ1n) is 25.2. The van der Waals surface area contributed by atoms with E-state index in [0.717, 1.165) is 56.5 Å². The molecule has 0 N–H and O–H groups in total. The lowest BCUT2D eigenvalue weighted by Gasteiger charge is -2.42. The van der Waals surface area contributed by atoms with Crippen LogP contribution in [0.4, 0.5) is 17.1 Å². The van der Waals surface area contributed by atoms with Gasteiger partial charge in [0.05, 0.1) is 11.1 Å². The van der Waals surface area contributed by atoms with Crippen LogP contribution in [0.1, 0.15) is 73.9 Å². The van der Waals surface area contributed by atoms with Crippen molar-refractivity contribution < 1.29 is 4.42 Å². The van der Waals surface area contributed by atoms with E-state index in [9.17, 15) is 0 Å². The Kier molecular flexibility index (Phi) is 9.94. The summed E-state index contributed by atoms with van der Waals surface area (Å²) in [6.45, 7) is 9.72. The molecular formula is C69H55NO. The molecular weight excluding hydrogens is 859 g/mol. The van der Waals surface area contributed by atoms with Gasteiger partial charge >= 0.3 is 0 Å². The zero-order valence-electron chi connectivity index (χ0n) is 40.8. The van der Waals surface area contributed by atoms with Crippen molar-refractivity contribution in [3.05, 3.63) is 270 Å². The van der Waals surface area contributed by atoms with Gasteiger partial charge in [-0.05, 0) is 133 Å². The minimum absolute atomic E-state index is 0.0333. The van der Waals surface area contributed by atoms with Crippen LogP contribution in [0, 0.1) is 0 Å². The van der Waals surface area contributed by atoms with Crippen LogP contribution in [-0.4, -0.2) is 0 Å². The molecule has 71 heavy (non-hydrogen) atoms. The molecule has 0 saturated heterocycles. The van der Waals surface area contributed by atoms with E-state index in [1.54, 1.807) is 0 Å². The predicted molar refractivity (Wildman–Crippen MR) is 297 cm³/mol. The van der Waals surface area contributed by atoms with E-state index >= 15 is 0 Å². The second kappa shape index (κ2) is 16.5. The second-order valence-corrected chi connectivity index (χ2v) is 21.0. The molecule has 0 radical (unpaired) electrons. The molecule has 0 saturated carbocycles. The van der Waals surface area contributed by atoms with Gasteiger partial charge in [-0.3, -0.25) is 0 Å². The minimum atomic E-state index is -0.582. The van der Waals surface area contributed by atoms with Crippen molar-refractivity contribution in [3.63, 3.8) is 0 Å². The highest BCUT2D eigenvalue weighted by atomic mass is 16.3. The van der Waals surface area contributed by atoms with Crippen LogP contribution in [0.3, 0.4) is 0 Å². The van der Waals surface area contributed by atoms with E-state index in [4.69, 9.17) is 4.42 Å². The van der Waals surface area contributed by atoms with Gasteiger partial charge in [-0.25, -0.2) is 0 Å². The molecule has 0 amide bonds. The largest absolute Gasteiger partial charge is 0.455 e. The molecule has 10 aromatic carbocycles. The van der Waals surface area contributed by atoms with E-state index in [-0.39, 0.29) is 10.8 Å². The van der Waals surface area contributed by atoms with Gasteiger partial charge in [0, 0.05) is 33.3 Å². The molecule has 2 nitrogen and oxygen atoms in total. The molecule has 0 unspecified atom stereocenters. The van der Waals surface area contributed by atoms with Gasteiger partial charge < -0.3 is 9.32 Å². The average molecular weight is 914 g/mol. The second-order valence-electron chi connectivity index (χ2n) is 21.0. The fourth-order valence-electron chi connectivity index (χ4n) is 12.3. The van der Waals surface area contributed by atoms with Crippen molar-refractivity contribution in [1.29, 1.82) is 0 Å². The maximum absolute atomic E-state index is 6.58. The first-order valence-corrected chi connectivity index (χ1v) is 25.2. The van der Waals surface area contributed by atoms with E-state index < -0.39 is 5.41 Å². The van der Waals surface area contributed by atoms with Gasteiger partial charge in [0.15, 0.2) is 0 Å². The Bertz CT molecular complexity index is 3750. The number of anilines is 3. The van der Waals surface area contributed by atoms with Gasteiger partial charge in [0.25, 0.3) is 0 Å². The summed E-state index contributed by atoms with van der Waals surface area (Å²) in [6, 6.07) is 87.8. The molecule has 1 heterocycles. The summed E-state index contributed by atoms with van der Waals surface area (Å²) in [5, 5.41) is 2.26. The topological polar surface area (TPSA) is 16.4 Å². The van der Waals surface area contributed by atoms with Crippen LogP contribution in [0.25, 0.3) is 66.4 Å². The summed E-state index contributed by atoms with van der Waals surface area (Å²) in [5.74, 6) is 0. The molecule has 0 bridgehead atoms. The Balaban J connectivity index is 1.10. The standard InChI is InChI=1S/C69H55NO/c1-67(2)41-42-68(3,4)63-43-49(35-40-61(63)67)58-44-59-55-25-14-16-29-60(55)69(50-21-10-6-11-22-50,51-23-12-7-13-24-51)62(59)45-64(58)70(52-36-31-47(32-37-52)46-19-8-5-9-20-46)53-38-33-48(34-39-53)54-27-18-28-57-56-26-15-17-30-65(56)71-66(54)57/h5-40,43-45H,41-42H2,1-4H3. The first kappa shape index (κ1) is 42.9. The average Bonchev–Trinajstić information content (AvgIpc) is 3.95. The molecule has 2 aliphatic carbocycles. The number of nitrogens with zero attached hydrogens (tertiary/aromatic N) is 1. The zero-order chi connectivity index (χ0) is 47.9. The van der Waals surface area contributed by atoms with Crippen molar-refractivity contribution in [2.45, 2.75) is 56.8 Å². The molecule has 13 rings (SSSR count). The number of furan rings is 1. The summed E-state index contributed by atoms with van der Waals surface area (Å²) < 4.78 is 6.58.